The molecule has 0 atom stereocenters. The number of methoxy groups -OCH3 is 1. The molecule has 2 aromatic rings. The Morgan fingerprint density at radius 1 is 1.35 bits per heavy atom. The number of fused-ring (bicyclic) bond motifs is 1. The van der Waals surface area contributed by atoms with Gasteiger partial charge in [-0.15, -0.1) is 0 Å². The number of aryl methyl sites for hydroxylation is 1. The van der Waals surface area contributed by atoms with Crippen molar-refractivity contribution in [3.63, 3.8) is 0 Å². The van der Waals surface area contributed by atoms with Crippen LogP contribution in [0.1, 0.15) is 24.5 Å². The number of nitrogens with one attached hydrogen (secondary N) is 1. The molecule has 26 heavy (non-hydrogen) atoms. The molecule has 0 aliphatic rings. The molecular formula is C20H25NO5. The first-order valence-electron chi connectivity index (χ1n) is 8.51. The van der Waals surface area contributed by atoms with Crippen LogP contribution < -0.4 is 15.7 Å². The number of ether oxygens (including phenoxy) is 2. The van der Waals surface area contributed by atoms with Crippen LogP contribution >= 0.6 is 0 Å². The topological polar surface area (TPSA) is 77.8 Å². The van der Waals surface area contributed by atoms with Crippen molar-refractivity contribution in [2.45, 2.75) is 26.7 Å². The lowest BCUT2D eigenvalue weighted by atomic mass is 10.0. The van der Waals surface area contributed by atoms with Gasteiger partial charge in [-0.25, -0.2) is 4.79 Å². The van der Waals surface area contributed by atoms with E-state index in [0.29, 0.717) is 43.1 Å². The van der Waals surface area contributed by atoms with Crippen LogP contribution in [0.5, 0.6) is 5.75 Å². The fraction of sp³-hybridized carbons (Fsp3) is 0.400. The van der Waals surface area contributed by atoms with Crippen LogP contribution in [0, 0.1) is 6.92 Å². The largest absolute Gasteiger partial charge is 0.489 e. The molecule has 0 saturated heterocycles. The zero-order chi connectivity index (χ0) is 19.1. The highest BCUT2D eigenvalue weighted by atomic mass is 16.5. The van der Waals surface area contributed by atoms with Crippen LogP contribution in [0.25, 0.3) is 11.0 Å². The second-order valence-electron chi connectivity index (χ2n) is 6.24. The molecule has 1 heterocycles. The first-order chi connectivity index (χ1) is 12.4. The van der Waals surface area contributed by atoms with E-state index < -0.39 is 5.63 Å². The number of amides is 1. The summed E-state index contributed by atoms with van der Waals surface area (Å²) in [5.74, 6) is 0.498. The Balaban J connectivity index is 2.16. The van der Waals surface area contributed by atoms with Gasteiger partial charge in [0.2, 0.25) is 5.91 Å². The lowest BCUT2D eigenvalue weighted by molar-refractivity contribution is -0.121. The molecule has 0 aliphatic carbocycles. The monoisotopic (exact) mass is 359 g/mol. The summed E-state index contributed by atoms with van der Waals surface area (Å²) in [6, 6.07) is 5.40. The first-order valence-corrected chi connectivity index (χ1v) is 8.51. The molecule has 0 fully saturated rings. The van der Waals surface area contributed by atoms with Gasteiger partial charge in [0.1, 0.15) is 17.9 Å². The molecule has 1 aromatic heterocycles. The third kappa shape index (κ3) is 5.20. The van der Waals surface area contributed by atoms with Gasteiger partial charge in [0, 0.05) is 37.1 Å². The predicted molar refractivity (Wildman–Crippen MR) is 101 cm³/mol. The van der Waals surface area contributed by atoms with Gasteiger partial charge in [-0.1, -0.05) is 6.58 Å². The van der Waals surface area contributed by atoms with E-state index in [-0.39, 0.29) is 12.3 Å². The maximum absolute atomic E-state index is 12.3. The fourth-order valence-corrected chi connectivity index (χ4v) is 2.58. The van der Waals surface area contributed by atoms with Gasteiger partial charge in [0.05, 0.1) is 6.61 Å². The van der Waals surface area contributed by atoms with Gasteiger partial charge in [0.15, 0.2) is 0 Å². The predicted octanol–water partition coefficient (Wildman–Crippen LogP) is 2.75. The molecule has 0 radical (unpaired) electrons. The summed E-state index contributed by atoms with van der Waals surface area (Å²) in [5, 5.41) is 3.58. The van der Waals surface area contributed by atoms with E-state index in [0.717, 1.165) is 16.5 Å². The van der Waals surface area contributed by atoms with Gasteiger partial charge in [-0.3, -0.25) is 4.79 Å². The van der Waals surface area contributed by atoms with Crippen molar-refractivity contribution < 1.29 is 18.7 Å². The number of carbonyl (C=O) groups excluding carboxylic acids is 1. The number of carbonyl (C=O) groups is 1. The van der Waals surface area contributed by atoms with Crippen molar-refractivity contribution in [3.05, 3.63) is 51.9 Å². The van der Waals surface area contributed by atoms with E-state index in [1.165, 1.54) is 0 Å². The smallest absolute Gasteiger partial charge is 0.339 e. The number of benzene rings is 1. The molecule has 0 aliphatic heterocycles. The van der Waals surface area contributed by atoms with E-state index in [4.69, 9.17) is 13.9 Å². The summed E-state index contributed by atoms with van der Waals surface area (Å²) in [7, 11) is 1.57. The molecule has 1 amide bonds. The number of hydrogen-bond donors (Lipinski definition) is 1. The summed E-state index contributed by atoms with van der Waals surface area (Å²) in [6.45, 7) is 8.85. The average molecular weight is 359 g/mol. The third-order valence-electron chi connectivity index (χ3n) is 3.97. The summed E-state index contributed by atoms with van der Waals surface area (Å²) in [6.07, 6.45) is 0.553. The van der Waals surface area contributed by atoms with Gasteiger partial charge in [0.25, 0.3) is 0 Å². The van der Waals surface area contributed by atoms with Crippen molar-refractivity contribution in [1.29, 1.82) is 0 Å². The Morgan fingerprint density at radius 2 is 2.12 bits per heavy atom. The lowest BCUT2D eigenvalue weighted by Gasteiger charge is -2.10. The highest BCUT2D eigenvalue weighted by molar-refractivity contribution is 5.82. The second-order valence-corrected chi connectivity index (χ2v) is 6.24. The molecule has 0 saturated carbocycles. The van der Waals surface area contributed by atoms with Crippen LogP contribution in [0.4, 0.5) is 0 Å². The van der Waals surface area contributed by atoms with Crippen LogP contribution in [0.3, 0.4) is 0 Å². The van der Waals surface area contributed by atoms with E-state index in [1.54, 1.807) is 13.2 Å². The highest BCUT2D eigenvalue weighted by Crippen LogP contribution is 2.24. The molecule has 1 N–H and O–H groups in total. The minimum Gasteiger partial charge on any atom is -0.489 e. The number of hydrogen-bond acceptors (Lipinski definition) is 5. The molecular weight excluding hydrogens is 334 g/mol. The van der Waals surface area contributed by atoms with Gasteiger partial charge in [-0.2, -0.15) is 0 Å². The third-order valence-corrected chi connectivity index (χ3v) is 3.97. The Kier molecular flexibility index (Phi) is 6.97. The Labute approximate surface area is 152 Å². The molecule has 2 rings (SSSR count). The van der Waals surface area contributed by atoms with Gasteiger partial charge in [-0.05, 0) is 43.5 Å². The van der Waals surface area contributed by atoms with Crippen molar-refractivity contribution in [1.82, 2.24) is 5.32 Å². The molecule has 0 spiro atoms. The summed E-state index contributed by atoms with van der Waals surface area (Å²) in [5.41, 5.74) is 2.31. The van der Waals surface area contributed by atoms with Gasteiger partial charge < -0.3 is 19.2 Å². The van der Waals surface area contributed by atoms with Crippen molar-refractivity contribution in [2.75, 3.05) is 26.9 Å². The Morgan fingerprint density at radius 3 is 2.81 bits per heavy atom. The normalized spacial score (nSPS) is 10.7. The molecule has 0 bridgehead atoms. The van der Waals surface area contributed by atoms with Crippen LogP contribution in [-0.2, 0) is 16.0 Å². The first kappa shape index (κ1) is 19.7. The van der Waals surface area contributed by atoms with Crippen molar-refractivity contribution in [2.24, 2.45) is 0 Å². The summed E-state index contributed by atoms with van der Waals surface area (Å²) < 4.78 is 15.9. The fourth-order valence-electron chi connectivity index (χ4n) is 2.58. The minimum atomic E-state index is -0.420. The maximum atomic E-state index is 12.3. The van der Waals surface area contributed by atoms with Crippen LogP contribution in [0.15, 0.2) is 39.6 Å². The average Bonchev–Trinajstić information content (AvgIpc) is 2.59. The van der Waals surface area contributed by atoms with Crippen molar-refractivity contribution >= 4 is 16.9 Å². The van der Waals surface area contributed by atoms with E-state index in [1.807, 2.05) is 26.0 Å². The van der Waals surface area contributed by atoms with Crippen LogP contribution in [0.2, 0.25) is 0 Å². The Bertz CT molecular complexity index is 853. The molecule has 140 valence electrons. The van der Waals surface area contributed by atoms with E-state index in [9.17, 15) is 9.59 Å². The molecule has 6 nitrogen and oxygen atoms in total. The zero-order valence-electron chi connectivity index (χ0n) is 15.5. The minimum absolute atomic E-state index is 0.121. The lowest BCUT2D eigenvalue weighted by Crippen LogP contribution is -2.27. The molecule has 0 unspecified atom stereocenters. The van der Waals surface area contributed by atoms with E-state index in [2.05, 4.69) is 11.9 Å². The second kappa shape index (κ2) is 9.20. The van der Waals surface area contributed by atoms with E-state index >= 15 is 0 Å². The quantitative estimate of drug-likeness (QED) is 0.423. The summed E-state index contributed by atoms with van der Waals surface area (Å²) >= 11 is 0. The highest BCUT2D eigenvalue weighted by Gasteiger charge is 2.13. The zero-order valence-corrected chi connectivity index (χ0v) is 15.5. The summed E-state index contributed by atoms with van der Waals surface area (Å²) in [4.78, 5) is 24.2. The molecule has 1 aromatic carbocycles. The SMILES string of the molecule is C=C(C)COc1ccc2c(C)c(CCC(=O)NCCOC)c(=O)oc2c1. The van der Waals surface area contributed by atoms with Crippen LogP contribution in [-0.4, -0.2) is 32.8 Å². The van der Waals surface area contributed by atoms with Gasteiger partial charge >= 0.3 is 5.63 Å². The Hall–Kier alpha value is -2.60. The maximum Gasteiger partial charge on any atom is 0.339 e. The number of rotatable bonds is 9. The van der Waals surface area contributed by atoms with Crippen molar-refractivity contribution in [3.8, 4) is 5.75 Å². The standard InChI is InChI=1S/C20H25NO5/c1-13(2)12-25-15-5-6-16-14(3)17(20(23)26-18(16)11-15)7-8-19(22)21-9-10-24-4/h5-6,11H,1,7-10,12H2,2-4H3,(H,21,22). The molecule has 6 heteroatoms.